The van der Waals surface area contributed by atoms with E-state index in [-0.39, 0.29) is 11.9 Å². The summed E-state index contributed by atoms with van der Waals surface area (Å²) in [5, 5.41) is 4.39. The van der Waals surface area contributed by atoms with Gasteiger partial charge in [-0.05, 0) is 24.5 Å². The Morgan fingerprint density at radius 1 is 1.32 bits per heavy atom. The lowest BCUT2D eigenvalue weighted by Gasteiger charge is -2.21. The van der Waals surface area contributed by atoms with E-state index in [2.05, 4.69) is 10.1 Å². The van der Waals surface area contributed by atoms with E-state index in [1.165, 1.54) is 0 Å². The van der Waals surface area contributed by atoms with Crippen LogP contribution in [0.3, 0.4) is 0 Å². The van der Waals surface area contributed by atoms with Crippen molar-refractivity contribution in [1.82, 2.24) is 14.8 Å². The molecule has 0 spiro atoms. The molecule has 1 aliphatic rings. The van der Waals surface area contributed by atoms with Gasteiger partial charge in [-0.15, -0.1) is 0 Å². The maximum Gasteiger partial charge on any atom is 0.240 e. The van der Waals surface area contributed by atoms with Crippen LogP contribution in [0.1, 0.15) is 24.2 Å². The van der Waals surface area contributed by atoms with Gasteiger partial charge in [0.2, 0.25) is 11.9 Å². The van der Waals surface area contributed by atoms with Crippen molar-refractivity contribution < 1.29 is 4.79 Å². The zero-order valence-electron chi connectivity index (χ0n) is 12.5. The molecular weight excluding hydrogens is 278 g/mol. The number of amides is 1. The van der Waals surface area contributed by atoms with E-state index in [9.17, 15) is 4.79 Å². The summed E-state index contributed by atoms with van der Waals surface area (Å²) in [4.78, 5) is 18.0. The monoisotopic (exact) mass is 297 g/mol. The highest BCUT2D eigenvalue weighted by molar-refractivity contribution is 5.83. The zero-order valence-corrected chi connectivity index (χ0v) is 12.5. The standard InChI is InChI=1S/C16H19N5O/c1-20-16(21-11-5-8-13(21)15(17)22)18-14(19-20)10-9-12-6-3-2-4-7-12/h2-4,6-7,9-10,13H,5,8,11H2,1H3,(H2,17,22). The van der Waals surface area contributed by atoms with E-state index in [0.29, 0.717) is 11.8 Å². The number of benzene rings is 1. The summed E-state index contributed by atoms with van der Waals surface area (Å²) in [5.41, 5.74) is 6.56. The molecule has 1 atom stereocenters. The highest BCUT2D eigenvalue weighted by Gasteiger charge is 2.31. The fraction of sp³-hybridized carbons (Fsp3) is 0.312. The minimum absolute atomic E-state index is 0.283. The Bertz CT molecular complexity index is 692. The van der Waals surface area contributed by atoms with Gasteiger partial charge in [-0.2, -0.15) is 10.1 Å². The molecular formula is C16H19N5O. The molecule has 0 aliphatic carbocycles. The van der Waals surface area contributed by atoms with Gasteiger partial charge in [0.15, 0.2) is 5.82 Å². The van der Waals surface area contributed by atoms with Gasteiger partial charge < -0.3 is 10.6 Å². The van der Waals surface area contributed by atoms with E-state index in [1.54, 1.807) is 4.68 Å². The van der Waals surface area contributed by atoms with Gasteiger partial charge in [0.05, 0.1) is 0 Å². The third-order valence-electron chi connectivity index (χ3n) is 3.82. The molecule has 1 unspecified atom stereocenters. The van der Waals surface area contributed by atoms with Crippen LogP contribution < -0.4 is 10.6 Å². The number of aryl methyl sites for hydroxylation is 1. The maximum absolute atomic E-state index is 11.5. The van der Waals surface area contributed by atoms with Crippen molar-refractivity contribution in [2.45, 2.75) is 18.9 Å². The van der Waals surface area contributed by atoms with E-state index in [0.717, 1.165) is 24.9 Å². The molecule has 6 heteroatoms. The lowest BCUT2D eigenvalue weighted by Crippen LogP contribution is -2.41. The summed E-state index contributed by atoms with van der Waals surface area (Å²) in [5.74, 6) is 1.01. The van der Waals surface area contributed by atoms with Crippen molar-refractivity contribution in [2.24, 2.45) is 12.8 Å². The summed E-state index contributed by atoms with van der Waals surface area (Å²) >= 11 is 0. The zero-order chi connectivity index (χ0) is 15.5. The Morgan fingerprint density at radius 3 is 2.82 bits per heavy atom. The van der Waals surface area contributed by atoms with E-state index in [1.807, 2.05) is 54.4 Å². The predicted octanol–water partition coefficient (Wildman–Crippen LogP) is 1.44. The number of carbonyl (C=O) groups excluding carboxylic acids is 1. The fourth-order valence-corrected chi connectivity index (χ4v) is 2.75. The first kappa shape index (κ1) is 14.3. The van der Waals surface area contributed by atoms with Crippen molar-refractivity contribution in [3.05, 3.63) is 41.7 Å². The first-order chi connectivity index (χ1) is 10.6. The first-order valence-corrected chi connectivity index (χ1v) is 7.35. The summed E-state index contributed by atoms with van der Waals surface area (Å²) in [7, 11) is 1.83. The molecule has 114 valence electrons. The Morgan fingerprint density at radius 2 is 2.09 bits per heavy atom. The van der Waals surface area contributed by atoms with Crippen molar-refractivity contribution in [3.63, 3.8) is 0 Å². The van der Waals surface area contributed by atoms with E-state index < -0.39 is 0 Å². The van der Waals surface area contributed by atoms with Gasteiger partial charge in [0.1, 0.15) is 6.04 Å². The lowest BCUT2D eigenvalue weighted by atomic mass is 10.2. The molecule has 1 saturated heterocycles. The topological polar surface area (TPSA) is 77.0 Å². The number of nitrogens with zero attached hydrogens (tertiary/aromatic N) is 4. The smallest absolute Gasteiger partial charge is 0.240 e. The first-order valence-electron chi connectivity index (χ1n) is 7.35. The molecule has 1 aromatic carbocycles. The summed E-state index contributed by atoms with van der Waals surface area (Å²) < 4.78 is 1.70. The van der Waals surface area contributed by atoms with Crippen LogP contribution in [0.25, 0.3) is 12.2 Å². The van der Waals surface area contributed by atoms with Gasteiger partial charge in [0.25, 0.3) is 0 Å². The number of rotatable bonds is 4. The van der Waals surface area contributed by atoms with Crippen LogP contribution in [0.5, 0.6) is 0 Å². The van der Waals surface area contributed by atoms with Crippen LogP contribution in [0.2, 0.25) is 0 Å². The van der Waals surface area contributed by atoms with Crippen LogP contribution >= 0.6 is 0 Å². The van der Waals surface area contributed by atoms with Crippen LogP contribution in [0.15, 0.2) is 30.3 Å². The summed E-state index contributed by atoms with van der Waals surface area (Å²) in [6.45, 7) is 0.780. The van der Waals surface area contributed by atoms with E-state index >= 15 is 0 Å². The Labute approximate surface area is 129 Å². The van der Waals surface area contributed by atoms with Gasteiger partial charge >= 0.3 is 0 Å². The molecule has 1 fully saturated rings. The van der Waals surface area contributed by atoms with Crippen LogP contribution in [-0.2, 0) is 11.8 Å². The Kier molecular flexibility index (Phi) is 3.91. The molecule has 1 amide bonds. The van der Waals surface area contributed by atoms with Crippen molar-refractivity contribution in [1.29, 1.82) is 0 Å². The quantitative estimate of drug-likeness (QED) is 0.926. The van der Waals surface area contributed by atoms with Crippen LogP contribution in [0.4, 0.5) is 5.95 Å². The molecule has 0 saturated carbocycles. The van der Waals surface area contributed by atoms with Crippen molar-refractivity contribution in [3.8, 4) is 0 Å². The fourth-order valence-electron chi connectivity index (χ4n) is 2.75. The molecule has 3 rings (SSSR count). The highest BCUT2D eigenvalue weighted by atomic mass is 16.1. The molecule has 6 nitrogen and oxygen atoms in total. The Balaban J connectivity index is 1.82. The van der Waals surface area contributed by atoms with Crippen LogP contribution in [-0.4, -0.2) is 33.3 Å². The summed E-state index contributed by atoms with van der Waals surface area (Å²) in [6, 6.07) is 9.70. The third-order valence-corrected chi connectivity index (χ3v) is 3.82. The van der Waals surface area contributed by atoms with Gasteiger partial charge in [-0.3, -0.25) is 4.79 Å². The molecule has 1 aliphatic heterocycles. The predicted molar refractivity (Wildman–Crippen MR) is 85.9 cm³/mol. The second-order valence-corrected chi connectivity index (χ2v) is 5.39. The number of anilines is 1. The molecule has 22 heavy (non-hydrogen) atoms. The second-order valence-electron chi connectivity index (χ2n) is 5.39. The lowest BCUT2D eigenvalue weighted by molar-refractivity contribution is -0.119. The average Bonchev–Trinajstić information content (AvgIpc) is 3.12. The Hall–Kier alpha value is -2.63. The number of hydrogen-bond acceptors (Lipinski definition) is 4. The SMILES string of the molecule is Cn1nc(C=Cc2ccccc2)nc1N1CCCC1C(N)=O. The maximum atomic E-state index is 11.5. The molecule has 2 N–H and O–H groups in total. The molecule has 1 aromatic heterocycles. The normalized spacial score (nSPS) is 18.2. The van der Waals surface area contributed by atoms with Gasteiger partial charge in [-0.1, -0.05) is 36.4 Å². The van der Waals surface area contributed by atoms with Crippen molar-refractivity contribution in [2.75, 3.05) is 11.4 Å². The molecule has 0 bridgehead atoms. The highest BCUT2D eigenvalue weighted by Crippen LogP contribution is 2.23. The molecule has 2 aromatic rings. The van der Waals surface area contributed by atoms with Crippen molar-refractivity contribution >= 4 is 24.0 Å². The van der Waals surface area contributed by atoms with E-state index in [4.69, 9.17) is 5.73 Å². The van der Waals surface area contributed by atoms with Gasteiger partial charge in [-0.25, -0.2) is 4.68 Å². The number of hydrogen-bond donors (Lipinski definition) is 1. The molecule has 2 heterocycles. The minimum atomic E-state index is -0.304. The molecule has 0 radical (unpaired) electrons. The van der Waals surface area contributed by atoms with Gasteiger partial charge in [0, 0.05) is 13.6 Å². The largest absolute Gasteiger partial charge is 0.368 e. The minimum Gasteiger partial charge on any atom is -0.368 e. The summed E-state index contributed by atoms with van der Waals surface area (Å²) in [6.07, 6.45) is 5.55. The number of nitrogens with two attached hydrogens (primary N) is 1. The number of aromatic nitrogens is 3. The third kappa shape index (κ3) is 2.86. The average molecular weight is 297 g/mol. The number of carbonyl (C=O) groups is 1. The van der Waals surface area contributed by atoms with Crippen LogP contribution in [0, 0.1) is 0 Å². The number of primary amides is 1. The second kappa shape index (κ2) is 6.01.